The second-order valence-electron chi connectivity index (χ2n) is 3.93. The number of nitriles is 1. The van der Waals surface area contributed by atoms with Crippen molar-refractivity contribution < 1.29 is 4.79 Å². The molecular weight excluding hydrogens is 278 g/mol. The van der Waals surface area contributed by atoms with Crippen molar-refractivity contribution in [1.82, 2.24) is 0 Å². The van der Waals surface area contributed by atoms with E-state index in [4.69, 9.17) is 5.26 Å². The van der Waals surface area contributed by atoms with Gasteiger partial charge in [0.25, 0.3) is 0 Å². The number of thioether (sulfide) groups is 2. The molecule has 1 aliphatic heterocycles. The molecule has 98 valence electrons. The Balaban J connectivity index is 1.90. The van der Waals surface area contributed by atoms with Crippen LogP contribution in [0.4, 0.5) is 5.69 Å². The number of hydrogen-bond donors (Lipinski definition) is 1. The Kier molecular flexibility index (Phi) is 4.88. The first-order chi connectivity index (χ1) is 9.19. The fraction of sp³-hybridized carbons (Fsp3) is 0.308. The minimum atomic E-state index is -0.181. The van der Waals surface area contributed by atoms with Crippen LogP contribution in [0.1, 0.15) is 12.5 Å². The molecule has 6 heteroatoms. The molecule has 1 heterocycles. The Hall–Kier alpha value is -1.45. The summed E-state index contributed by atoms with van der Waals surface area (Å²) in [7, 11) is 0. The van der Waals surface area contributed by atoms with E-state index in [0.717, 1.165) is 16.7 Å². The van der Waals surface area contributed by atoms with Crippen LogP contribution >= 0.6 is 23.5 Å². The highest BCUT2D eigenvalue weighted by atomic mass is 32.2. The van der Waals surface area contributed by atoms with Crippen LogP contribution in [0.5, 0.6) is 0 Å². The summed E-state index contributed by atoms with van der Waals surface area (Å²) >= 11 is 3.19. The molecule has 0 aromatic heterocycles. The third-order valence-electron chi connectivity index (χ3n) is 2.49. The van der Waals surface area contributed by atoms with Gasteiger partial charge in [-0.1, -0.05) is 23.5 Å². The van der Waals surface area contributed by atoms with E-state index in [1.165, 1.54) is 11.8 Å². The number of anilines is 1. The number of aliphatic imine (C=N–C) groups is 1. The van der Waals surface area contributed by atoms with Crippen LogP contribution < -0.4 is 5.32 Å². The van der Waals surface area contributed by atoms with Crippen molar-refractivity contribution in [1.29, 1.82) is 5.26 Å². The molecule has 0 saturated carbocycles. The Morgan fingerprint density at radius 2 is 2.26 bits per heavy atom. The van der Waals surface area contributed by atoms with Crippen LogP contribution in [0.25, 0.3) is 0 Å². The van der Waals surface area contributed by atoms with Crippen LogP contribution in [0.2, 0.25) is 0 Å². The maximum absolute atomic E-state index is 12.0. The highest BCUT2D eigenvalue weighted by molar-refractivity contribution is 8.39. The average molecular weight is 291 g/mol. The molecule has 0 aliphatic carbocycles. The predicted octanol–water partition coefficient (Wildman–Crippen LogP) is 2.72. The number of carbonyl (C=O) groups is 1. The molecule has 0 unspecified atom stereocenters. The highest BCUT2D eigenvalue weighted by Gasteiger charge is 2.18. The molecule has 0 radical (unpaired) electrons. The maximum atomic E-state index is 12.0. The van der Waals surface area contributed by atoms with Gasteiger partial charge < -0.3 is 5.32 Å². The van der Waals surface area contributed by atoms with Gasteiger partial charge in [0.15, 0.2) is 0 Å². The molecule has 2 rings (SSSR count). The lowest BCUT2D eigenvalue weighted by molar-refractivity contribution is -0.115. The zero-order valence-electron chi connectivity index (χ0n) is 10.4. The van der Waals surface area contributed by atoms with Gasteiger partial charge in [0, 0.05) is 11.4 Å². The van der Waals surface area contributed by atoms with Crippen molar-refractivity contribution in [3.8, 4) is 6.07 Å². The lowest BCUT2D eigenvalue weighted by atomic mass is 10.2. The zero-order chi connectivity index (χ0) is 13.7. The number of amides is 1. The van der Waals surface area contributed by atoms with Crippen molar-refractivity contribution >= 4 is 39.5 Å². The SMILES string of the molecule is C[C@@H](SC1=NCCS1)C(=O)Nc1ccc(C#N)cc1. The van der Waals surface area contributed by atoms with Crippen molar-refractivity contribution in [2.45, 2.75) is 12.2 Å². The van der Waals surface area contributed by atoms with Crippen molar-refractivity contribution in [3.05, 3.63) is 29.8 Å². The molecular formula is C13H13N3OS2. The number of nitrogens with one attached hydrogen (secondary N) is 1. The second-order valence-corrected chi connectivity index (χ2v) is 6.61. The molecule has 1 aromatic rings. The third kappa shape index (κ3) is 4.01. The van der Waals surface area contributed by atoms with E-state index in [0.29, 0.717) is 11.3 Å². The van der Waals surface area contributed by atoms with Crippen molar-refractivity contribution in [3.63, 3.8) is 0 Å². The number of rotatable bonds is 3. The lowest BCUT2D eigenvalue weighted by Gasteiger charge is -2.11. The monoisotopic (exact) mass is 291 g/mol. The molecule has 1 amide bonds. The van der Waals surface area contributed by atoms with E-state index >= 15 is 0 Å². The first kappa shape index (κ1) is 14.0. The largest absolute Gasteiger partial charge is 0.325 e. The lowest BCUT2D eigenvalue weighted by Crippen LogP contribution is -2.23. The molecule has 0 saturated heterocycles. The summed E-state index contributed by atoms with van der Waals surface area (Å²) in [5.74, 6) is 0.955. The summed E-state index contributed by atoms with van der Waals surface area (Å²) in [6, 6.07) is 8.88. The van der Waals surface area contributed by atoms with Gasteiger partial charge in [0.05, 0.1) is 23.4 Å². The van der Waals surface area contributed by atoms with E-state index in [1.54, 1.807) is 36.0 Å². The molecule has 0 fully saturated rings. The minimum absolute atomic E-state index is 0.0510. The van der Waals surface area contributed by atoms with Gasteiger partial charge in [-0.3, -0.25) is 9.79 Å². The smallest absolute Gasteiger partial charge is 0.237 e. The topological polar surface area (TPSA) is 65.2 Å². The molecule has 1 aromatic carbocycles. The van der Waals surface area contributed by atoms with Crippen LogP contribution in [0, 0.1) is 11.3 Å². The quantitative estimate of drug-likeness (QED) is 0.930. The summed E-state index contributed by atoms with van der Waals surface area (Å²) in [6.07, 6.45) is 0. The van der Waals surface area contributed by atoms with Gasteiger partial charge in [0.1, 0.15) is 4.38 Å². The first-order valence-corrected chi connectivity index (χ1v) is 7.70. The van der Waals surface area contributed by atoms with E-state index in [-0.39, 0.29) is 11.2 Å². The normalized spacial score (nSPS) is 15.5. The molecule has 1 atom stereocenters. The predicted molar refractivity (Wildman–Crippen MR) is 81.6 cm³/mol. The second kappa shape index (κ2) is 6.64. The molecule has 0 bridgehead atoms. The van der Waals surface area contributed by atoms with Crippen LogP contribution in [0.15, 0.2) is 29.3 Å². The van der Waals surface area contributed by atoms with Gasteiger partial charge in [-0.2, -0.15) is 5.26 Å². The van der Waals surface area contributed by atoms with E-state index < -0.39 is 0 Å². The van der Waals surface area contributed by atoms with Gasteiger partial charge >= 0.3 is 0 Å². The van der Waals surface area contributed by atoms with Gasteiger partial charge in [-0.05, 0) is 31.2 Å². The fourth-order valence-electron chi connectivity index (χ4n) is 1.46. The third-order valence-corrected chi connectivity index (χ3v) is 4.79. The Labute approximate surface area is 120 Å². The molecule has 0 spiro atoms. The summed E-state index contributed by atoms with van der Waals surface area (Å²) in [5, 5.41) is 11.4. The van der Waals surface area contributed by atoms with Crippen molar-refractivity contribution in [2.75, 3.05) is 17.6 Å². The van der Waals surface area contributed by atoms with Crippen LogP contribution in [-0.4, -0.2) is 27.8 Å². The van der Waals surface area contributed by atoms with Gasteiger partial charge in [-0.25, -0.2) is 0 Å². The number of nitrogens with zero attached hydrogens (tertiary/aromatic N) is 2. The highest BCUT2D eigenvalue weighted by Crippen LogP contribution is 2.26. The molecule has 1 aliphatic rings. The molecule has 1 N–H and O–H groups in total. The number of benzene rings is 1. The molecule has 19 heavy (non-hydrogen) atoms. The van der Waals surface area contributed by atoms with E-state index in [9.17, 15) is 4.79 Å². The Morgan fingerprint density at radius 1 is 1.53 bits per heavy atom. The Morgan fingerprint density at radius 3 is 2.84 bits per heavy atom. The Bertz CT molecular complexity index is 534. The standard InChI is InChI=1S/C13H13N3OS2/c1-9(19-13-15-6-7-18-13)12(17)16-11-4-2-10(8-14)3-5-11/h2-5,9H,6-7H2,1H3,(H,16,17)/t9-/m1/s1. The van der Waals surface area contributed by atoms with E-state index in [2.05, 4.69) is 10.3 Å². The summed E-state index contributed by atoms with van der Waals surface area (Å²) < 4.78 is 0.988. The fourth-order valence-corrected chi connectivity index (χ4v) is 3.59. The summed E-state index contributed by atoms with van der Waals surface area (Å²) in [5.41, 5.74) is 1.29. The van der Waals surface area contributed by atoms with Gasteiger partial charge in [-0.15, -0.1) is 0 Å². The van der Waals surface area contributed by atoms with Crippen LogP contribution in [0.3, 0.4) is 0 Å². The van der Waals surface area contributed by atoms with Gasteiger partial charge in [0.2, 0.25) is 5.91 Å². The number of carbonyl (C=O) groups excluding carboxylic acids is 1. The average Bonchev–Trinajstić information content (AvgIpc) is 2.92. The van der Waals surface area contributed by atoms with Crippen molar-refractivity contribution in [2.24, 2.45) is 4.99 Å². The van der Waals surface area contributed by atoms with Crippen LogP contribution in [-0.2, 0) is 4.79 Å². The first-order valence-electron chi connectivity index (χ1n) is 5.84. The van der Waals surface area contributed by atoms with E-state index in [1.807, 2.05) is 13.0 Å². The molecule has 4 nitrogen and oxygen atoms in total. The maximum Gasteiger partial charge on any atom is 0.237 e. The summed E-state index contributed by atoms with van der Waals surface area (Å²) in [6.45, 7) is 2.71. The minimum Gasteiger partial charge on any atom is -0.325 e. The number of hydrogen-bond acceptors (Lipinski definition) is 5. The zero-order valence-corrected chi connectivity index (χ0v) is 12.1. The summed E-state index contributed by atoms with van der Waals surface area (Å²) in [4.78, 5) is 16.3.